The van der Waals surface area contributed by atoms with Crippen LogP contribution in [0.1, 0.15) is 32.6 Å². The van der Waals surface area contributed by atoms with Gasteiger partial charge >= 0.3 is 0 Å². The van der Waals surface area contributed by atoms with Crippen LogP contribution in [-0.2, 0) is 24.0 Å². The minimum atomic E-state index is -0.710. The van der Waals surface area contributed by atoms with Gasteiger partial charge < -0.3 is 16.4 Å². The van der Waals surface area contributed by atoms with Crippen LogP contribution in [0.25, 0.3) is 0 Å². The molecule has 0 aromatic rings. The van der Waals surface area contributed by atoms with Gasteiger partial charge in [0.1, 0.15) is 6.04 Å². The van der Waals surface area contributed by atoms with Crippen LogP contribution in [0.4, 0.5) is 0 Å². The molecule has 0 bridgehead atoms. The summed E-state index contributed by atoms with van der Waals surface area (Å²) < 4.78 is 0. The Morgan fingerprint density at radius 2 is 1.79 bits per heavy atom. The average molecular weight is 338 g/mol. The van der Waals surface area contributed by atoms with Gasteiger partial charge in [-0.2, -0.15) is 0 Å². The molecule has 0 fully saturated rings. The standard InChI is InChI=1S/C15H22N4O5/c1-10(20)18-11(15(16)24)4-2-3-8-17-12(21)7-9-19-13(22)5-6-14(19)23/h5-6,11H,2-4,7-9H2,1H3,(H2,16,24)(H,17,21)(H,18,20). The van der Waals surface area contributed by atoms with E-state index in [1.165, 1.54) is 19.1 Å². The molecule has 24 heavy (non-hydrogen) atoms. The maximum atomic E-state index is 11.7. The van der Waals surface area contributed by atoms with Gasteiger partial charge in [0, 0.05) is 38.6 Å². The summed E-state index contributed by atoms with van der Waals surface area (Å²) in [5, 5.41) is 5.13. The minimum Gasteiger partial charge on any atom is -0.368 e. The summed E-state index contributed by atoms with van der Waals surface area (Å²) >= 11 is 0. The van der Waals surface area contributed by atoms with E-state index in [0.29, 0.717) is 25.8 Å². The Labute approximate surface area is 139 Å². The first-order valence-electron chi connectivity index (χ1n) is 7.68. The lowest BCUT2D eigenvalue weighted by Crippen LogP contribution is -2.43. The summed E-state index contributed by atoms with van der Waals surface area (Å²) in [6, 6.07) is -0.710. The zero-order valence-corrected chi connectivity index (χ0v) is 13.5. The molecule has 1 rings (SSSR count). The normalized spacial score (nSPS) is 14.6. The van der Waals surface area contributed by atoms with E-state index in [4.69, 9.17) is 5.73 Å². The summed E-state index contributed by atoms with van der Waals surface area (Å²) in [5.74, 6) is -2.02. The molecule has 1 unspecified atom stereocenters. The van der Waals surface area contributed by atoms with Crippen molar-refractivity contribution < 1.29 is 24.0 Å². The number of nitrogens with zero attached hydrogens (tertiary/aromatic N) is 1. The van der Waals surface area contributed by atoms with Crippen LogP contribution in [0, 0.1) is 0 Å². The van der Waals surface area contributed by atoms with Crippen LogP contribution in [0.3, 0.4) is 0 Å². The summed E-state index contributed by atoms with van der Waals surface area (Å²) in [5.41, 5.74) is 5.18. The highest BCUT2D eigenvalue weighted by Gasteiger charge is 2.23. The van der Waals surface area contributed by atoms with Crippen molar-refractivity contribution in [1.82, 2.24) is 15.5 Å². The van der Waals surface area contributed by atoms with Crippen LogP contribution in [0.5, 0.6) is 0 Å². The summed E-state index contributed by atoms with van der Waals surface area (Å²) in [7, 11) is 0. The fourth-order valence-electron chi connectivity index (χ4n) is 2.19. The molecule has 9 nitrogen and oxygen atoms in total. The fourth-order valence-corrected chi connectivity index (χ4v) is 2.19. The second-order valence-electron chi connectivity index (χ2n) is 5.41. The highest BCUT2D eigenvalue weighted by atomic mass is 16.2. The molecular formula is C15H22N4O5. The van der Waals surface area contributed by atoms with Crippen LogP contribution in [0.15, 0.2) is 12.2 Å². The van der Waals surface area contributed by atoms with Crippen molar-refractivity contribution in [1.29, 1.82) is 0 Å². The first-order valence-corrected chi connectivity index (χ1v) is 7.68. The van der Waals surface area contributed by atoms with Crippen molar-refractivity contribution in [3.05, 3.63) is 12.2 Å². The SMILES string of the molecule is CC(=O)NC(CCCCNC(=O)CCN1C(=O)C=CC1=O)C(N)=O. The number of nitrogens with one attached hydrogen (secondary N) is 2. The number of unbranched alkanes of at least 4 members (excludes halogenated alkanes) is 1. The highest BCUT2D eigenvalue weighted by molar-refractivity contribution is 6.13. The van der Waals surface area contributed by atoms with E-state index in [1.807, 2.05) is 0 Å². The quantitative estimate of drug-likeness (QED) is 0.331. The molecule has 0 aromatic heterocycles. The molecular weight excluding hydrogens is 316 g/mol. The Balaban J connectivity index is 2.15. The number of carbonyl (C=O) groups excluding carboxylic acids is 5. The molecule has 0 spiro atoms. The molecule has 1 heterocycles. The maximum absolute atomic E-state index is 11.7. The van der Waals surface area contributed by atoms with Crippen molar-refractivity contribution in [2.45, 2.75) is 38.6 Å². The molecule has 5 amide bonds. The van der Waals surface area contributed by atoms with Crippen LogP contribution >= 0.6 is 0 Å². The van der Waals surface area contributed by atoms with Gasteiger partial charge in [-0.1, -0.05) is 0 Å². The molecule has 0 aromatic carbocycles. The Morgan fingerprint density at radius 1 is 1.17 bits per heavy atom. The van der Waals surface area contributed by atoms with Gasteiger partial charge in [-0.25, -0.2) is 0 Å². The van der Waals surface area contributed by atoms with Gasteiger partial charge in [0.25, 0.3) is 11.8 Å². The molecule has 1 aliphatic rings. The summed E-state index contributed by atoms with van der Waals surface area (Å²) in [6.45, 7) is 1.74. The second-order valence-corrected chi connectivity index (χ2v) is 5.41. The maximum Gasteiger partial charge on any atom is 0.253 e. The monoisotopic (exact) mass is 338 g/mol. The minimum absolute atomic E-state index is 0.0367. The largest absolute Gasteiger partial charge is 0.368 e. The highest BCUT2D eigenvalue weighted by Crippen LogP contribution is 2.04. The van der Waals surface area contributed by atoms with E-state index in [9.17, 15) is 24.0 Å². The molecule has 0 radical (unpaired) electrons. The lowest BCUT2D eigenvalue weighted by Gasteiger charge is -2.14. The van der Waals surface area contributed by atoms with E-state index in [1.54, 1.807) is 0 Å². The molecule has 0 saturated heterocycles. The lowest BCUT2D eigenvalue weighted by molar-refractivity contribution is -0.137. The Morgan fingerprint density at radius 3 is 2.33 bits per heavy atom. The Kier molecular flexibility index (Phi) is 7.60. The molecule has 1 aliphatic heterocycles. The molecule has 9 heteroatoms. The van der Waals surface area contributed by atoms with Gasteiger partial charge in [-0.05, 0) is 19.3 Å². The van der Waals surface area contributed by atoms with Gasteiger partial charge in [0.05, 0.1) is 0 Å². The number of imide groups is 1. The third-order valence-corrected chi connectivity index (χ3v) is 3.43. The van der Waals surface area contributed by atoms with Crippen molar-refractivity contribution in [3.8, 4) is 0 Å². The number of hydrogen-bond acceptors (Lipinski definition) is 5. The molecule has 4 N–H and O–H groups in total. The van der Waals surface area contributed by atoms with Crippen LogP contribution in [-0.4, -0.2) is 53.6 Å². The summed E-state index contributed by atoms with van der Waals surface area (Å²) in [6.07, 6.45) is 3.98. The summed E-state index contributed by atoms with van der Waals surface area (Å²) in [4.78, 5) is 57.4. The van der Waals surface area contributed by atoms with Gasteiger partial charge in [0.2, 0.25) is 17.7 Å². The van der Waals surface area contributed by atoms with Gasteiger partial charge in [0.15, 0.2) is 0 Å². The number of hydrogen-bond donors (Lipinski definition) is 3. The number of carbonyl (C=O) groups is 5. The predicted octanol–water partition coefficient (Wildman–Crippen LogP) is -1.42. The van der Waals surface area contributed by atoms with Gasteiger partial charge in [-0.15, -0.1) is 0 Å². The predicted molar refractivity (Wildman–Crippen MR) is 84.1 cm³/mol. The van der Waals surface area contributed by atoms with Crippen molar-refractivity contribution in [2.24, 2.45) is 5.73 Å². The zero-order valence-electron chi connectivity index (χ0n) is 13.5. The molecule has 0 aliphatic carbocycles. The number of primary amides is 1. The van der Waals surface area contributed by atoms with E-state index in [0.717, 1.165) is 4.90 Å². The topological polar surface area (TPSA) is 139 Å². The average Bonchev–Trinajstić information content (AvgIpc) is 2.81. The Hall–Kier alpha value is -2.71. The number of rotatable bonds is 10. The van der Waals surface area contributed by atoms with E-state index in [2.05, 4.69) is 10.6 Å². The third-order valence-electron chi connectivity index (χ3n) is 3.43. The Bertz CT molecular complexity index is 540. The number of nitrogens with two attached hydrogens (primary N) is 1. The lowest BCUT2D eigenvalue weighted by atomic mass is 10.1. The number of amides is 5. The molecule has 0 saturated carbocycles. The van der Waals surface area contributed by atoms with E-state index < -0.39 is 23.8 Å². The van der Waals surface area contributed by atoms with Crippen LogP contribution < -0.4 is 16.4 Å². The van der Waals surface area contributed by atoms with Crippen molar-refractivity contribution in [3.63, 3.8) is 0 Å². The van der Waals surface area contributed by atoms with Crippen molar-refractivity contribution in [2.75, 3.05) is 13.1 Å². The second kappa shape index (κ2) is 9.43. The fraction of sp³-hybridized carbons (Fsp3) is 0.533. The van der Waals surface area contributed by atoms with E-state index in [-0.39, 0.29) is 24.8 Å². The van der Waals surface area contributed by atoms with Crippen molar-refractivity contribution >= 4 is 29.5 Å². The zero-order chi connectivity index (χ0) is 18.1. The molecule has 1 atom stereocenters. The first kappa shape index (κ1) is 19.3. The first-order chi connectivity index (χ1) is 11.3. The van der Waals surface area contributed by atoms with Gasteiger partial charge in [-0.3, -0.25) is 28.9 Å². The van der Waals surface area contributed by atoms with Crippen LogP contribution in [0.2, 0.25) is 0 Å². The van der Waals surface area contributed by atoms with E-state index >= 15 is 0 Å². The third kappa shape index (κ3) is 6.59. The smallest absolute Gasteiger partial charge is 0.253 e. The molecule has 132 valence electrons.